The third-order valence-corrected chi connectivity index (χ3v) is 6.31. The van der Waals surface area contributed by atoms with Crippen molar-refractivity contribution in [1.29, 1.82) is 0 Å². The molecule has 6 heteroatoms. The van der Waals surface area contributed by atoms with Crippen LogP contribution in [0.25, 0.3) is 0 Å². The highest BCUT2D eigenvalue weighted by atomic mass is 127. The SMILES string of the molecule is O=S1(=O)CC(I)C(OC2CCOCC2)C1. The highest BCUT2D eigenvalue weighted by Gasteiger charge is 2.38. The van der Waals surface area contributed by atoms with Gasteiger partial charge in [0.1, 0.15) is 0 Å². The van der Waals surface area contributed by atoms with Crippen molar-refractivity contribution in [2.45, 2.75) is 29.0 Å². The van der Waals surface area contributed by atoms with E-state index >= 15 is 0 Å². The van der Waals surface area contributed by atoms with E-state index in [1.165, 1.54) is 0 Å². The Morgan fingerprint density at radius 3 is 2.40 bits per heavy atom. The molecule has 0 aromatic rings. The second-order valence-electron chi connectivity index (χ2n) is 4.08. The zero-order valence-corrected chi connectivity index (χ0v) is 11.4. The van der Waals surface area contributed by atoms with Gasteiger partial charge in [0.2, 0.25) is 0 Å². The van der Waals surface area contributed by atoms with Crippen LogP contribution in [0.4, 0.5) is 0 Å². The minimum Gasteiger partial charge on any atom is -0.381 e. The predicted octanol–water partition coefficient (Wildman–Crippen LogP) is 0.783. The molecule has 2 rings (SSSR count). The first-order valence-corrected chi connectivity index (χ1v) is 8.21. The van der Waals surface area contributed by atoms with E-state index in [1.807, 2.05) is 0 Å². The molecule has 0 saturated carbocycles. The number of halogens is 1. The highest BCUT2D eigenvalue weighted by Crippen LogP contribution is 2.26. The van der Waals surface area contributed by atoms with Crippen molar-refractivity contribution in [3.8, 4) is 0 Å². The Balaban J connectivity index is 1.89. The predicted molar refractivity (Wildman–Crippen MR) is 65.2 cm³/mol. The zero-order valence-electron chi connectivity index (χ0n) is 8.39. The average molecular weight is 346 g/mol. The number of hydrogen-bond acceptors (Lipinski definition) is 4. The van der Waals surface area contributed by atoms with Crippen LogP contribution >= 0.6 is 22.6 Å². The number of rotatable bonds is 2. The monoisotopic (exact) mass is 346 g/mol. The number of ether oxygens (including phenoxy) is 2. The van der Waals surface area contributed by atoms with E-state index in [9.17, 15) is 8.42 Å². The molecule has 88 valence electrons. The van der Waals surface area contributed by atoms with Crippen LogP contribution in [0.1, 0.15) is 12.8 Å². The van der Waals surface area contributed by atoms with Gasteiger partial charge in [-0.3, -0.25) is 0 Å². The first kappa shape index (κ1) is 12.1. The largest absolute Gasteiger partial charge is 0.381 e. The fourth-order valence-corrected chi connectivity index (χ4v) is 6.02. The minimum atomic E-state index is -2.86. The summed E-state index contributed by atoms with van der Waals surface area (Å²) in [4.78, 5) is 0. The summed E-state index contributed by atoms with van der Waals surface area (Å²) in [6.45, 7) is 1.46. The van der Waals surface area contributed by atoms with E-state index in [-0.39, 0.29) is 27.6 Å². The van der Waals surface area contributed by atoms with Crippen molar-refractivity contribution >= 4 is 32.4 Å². The van der Waals surface area contributed by atoms with Gasteiger partial charge in [-0.2, -0.15) is 0 Å². The molecule has 0 N–H and O–H groups in total. The summed E-state index contributed by atoms with van der Waals surface area (Å²) in [6.07, 6.45) is 1.85. The Bertz CT molecular complexity index is 310. The van der Waals surface area contributed by atoms with Crippen molar-refractivity contribution in [3.63, 3.8) is 0 Å². The summed E-state index contributed by atoms with van der Waals surface area (Å²) in [7, 11) is -2.86. The maximum absolute atomic E-state index is 11.4. The second kappa shape index (κ2) is 4.85. The first-order chi connectivity index (χ1) is 7.07. The molecule has 0 spiro atoms. The van der Waals surface area contributed by atoms with E-state index in [0.717, 1.165) is 26.1 Å². The van der Waals surface area contributed by atoms with Crippen molar-refractivity contribution in [2.75, 3.05) is 24.7 Å². The summed E-state index contributed by atoms with van der Waals surface area (Å²) in [5.74, 6) is 0.458. The molecule has 0 radical (unpaired) electrons. The van der Waals surface area contributed by atoms with Gasteiger partial charge < -0.3 is 9.47 Å². The van der Waals surface area contributed by atoms with Gasteiger partial charge in [0.25, 0.3) is 0 Å². The van der Waals surface area contributed by atoms with Crippen molar-refractivity contribution in [1.82, 2.24) is 0 Å². The molecule has 2 heterocycles. The molecule has 4 nitrogen and oxygen atoms in total. The van der Waals surface area contributed by atoms with Crippen LogP contribution in [0.15, 0.2) is 0 Å². The average Bonchev–Trinajstić information content (AvgIpc) is 2.41. The van der Waals surface area contributed by atoms with Crippen LogP contribution in [0.2, 0.25) is 0 Å². The van der Waals surface area contributed by atoms with Crippen LogP contribution in [-0.2, 0) is 19.3 Å². The standard InChI is InChI=1S/C9H15IO4S/c10-8-5-15(11,12)6-9(8)14-7-1-3-13-4-2-7/h7-9H,1-6H2. The van der Waals surface area contributed by atoms with E-state index < -0.39 is 9.84 Å². The summed E-state index contributed by atoms with van der Waals surface area (Å²) in [5.41, 5.74) is 0. The lowest BCUT2D eigenvalue weighted by Gasteiger charge is -2.26. The first-order valence-electron chi connectivity index (χ1n) is 5.14. The summed E-state index contributed by atoms with van der Waals surface area (Å²) in [5, 5.41) is 0. The molecular formula is C9H15IO4S. The third-order valence-electron chi connectivity index (χ3n) is 2.77. The van der Waals surface area contributed by atoms with Gasteiger partial charge in [-0.25, -0.2) is 8.42 Å². The Hall–Kier alpha value is 0.600. The maximum Gasteiger partial charge on any atom is 0.154 e. The second-order valence-corrected chi connectivity index (χ2v) is 7.83. The topological polar surface area (TPSA) is 52.6 Å². The maximum atomic E-state index is 11.4. The molecule has 0 aromatic heterocycles. The quantitative estimate of drug-likeness (QED) is 0.548. The molecule has 2 unspecified atom stereocenters. The lowest BCUT2D eigenvalue weighted by Crippen LogP contribution is -2.32. The smallest absolute Gasteiger partial charge is 0.154 e. The van der Waals surface area contributed by atoms with Crippen LogP contribution < -0.4 is 0 Å². The number of sulfone groups is 1. The van der Waals surface area contributed by atoms with Crippen LogP contribution in [0.5, 0.6) is 0 Å². The Morgan fingerprint density at radius 1 is 1.20 bits per heavy atom. The molecule has 0 amide bonds. The van der Waals surface area contributed by atoms with Gasteiger partial charge in [0.05, 0.1) is 27.6 Å². The van der Waals surface area contributed by atoms with Gasteiger partial charge in [-0.15, -0.1) is 0 Å². The Labute approximate surface area is 104 Å². The van der Waals surface area contributed by atoms with Crippen molar-refractivity contribution in [2.24, 2.45) is 0 Å². The van der Waals surface area contributed by atoms with Gasteiger partial charge in [0, 0.05) is 13.2 Å². The molecule has 0 bridgehead atoms. The normalized spacial score (nSPS) is 36.9. The summed E-state index contributed by atoms with van der Waals surface area (Å²) in [6, 6.07) is 0. The van der Waals surface area contributed by atoms with Crippen LogP contribution in [0.3, 0.4) is 0 Å². The Morgan fingerprint density at radius 2 is 1.87 bits per heavy atom. The molecular weight excluding hydrogens is 331 g/mol. The van der Waals surface area contributed by atoms with Gasteiger partial charge in [0.15, 0.2) is 9.84 Å². The van der Waals surface area contributed by atoms with Gasteiger partial charge in [-0.05, 0) is 12.8 Å². The minimum absolute atomic E-state index is 0.107. The molecule has 2 saturated heterocycles. The van der Waals surface area contributed by atoms with Gasteiger partial charge >= 0.3 is 0 Å². The Kier molecular flexibility index (Phi) is 3.90. The van der Waals surface area contributed by atoms with Crippen LogP contribution in [0, 0.1) is 0 Å². The van der Waals surface area contributed by atoms with E-state index in [2.05, 4.69) is 22.6 Å². The third kappa shape index (κ3) is 3.28. The lowest BCUT2D eigenvalue weighted by atomic mass is 10.1. The fourth-order valence-electron chi connectivity index (χ4n) is 1.96. The molecule has 0 aliphatic carbocycles. The molecule has 0 aromatic carbocycles. The van der Waals surface area contributed by atoms with Crippen molar-refractivity contribution in [3.05, 3.63) is 0 Å². The van der Waals surface area contributed by atoms with E-state index in [1.54, 1.807) is 0 Å². The van der Waals surface area contributed by atoms with Gasteiger partial charge in [-0.1, -0.05) is 22.6 Å². The lowest BCUT2D eigenvalue weighted by molar-refractivity contribution is -0.0569. The zero-order chi connectivity index (χ0) is 10.9. The summed E-state index contributed by atoms with van der Waals surface area (Å²) < 4.78 is 33.9. The fraction of sp³-hybridized carbons (Fsp3) is 1.00. The van der Waals surface area contributed by atoms with E-state index in [0.29, 0.717) is 0 Å². The highest BCUT2D eigenvalue weighted by molar-refractivity contribution is 14.1. The molecule has 2 aliphatic rings. The van der Waals surface area contributed by atoms with Crippen LogP contribution in [-0.4, -0.2) is 49.3 Å². The van der Waals surface area contributed by atoms with Crippen molar-refractivity contribution < 1.29 is 17.9 Å². The summed E-state index contributed by atoms with van der Waals surface area (Å²) >= 11 is 2.18. The molecule has 15 heavy (non-hydrogen) atoms. The molecule has 2 atom stereocenters. The number of hydrogen-bond donors (Lipinski definition) is 0. The molecule has 2 aliphatic heterocycles. The van der Waals surface area contributed by atoms with E-state index in [4.69, 9.17) is 9.47 Å². The molecule has 2 fully saturated rings. The number of alkyl halides is 1.